The molecule has 6 aromatic rings. The smallest absolute Gasteiger partial charge is 0.145 e. The molecule has 180 valence electrons. The van der Waals surface area contributed by atoms with Crippen LogP contribution in [0.4, 0.5) is 0 Å². The Kier molecular flexibility index (Phi) is 5.89. The van der Waals surface area contributed by atoms with Crippen molar-refractivity contribution in [1.82, 2.24) is 9.55 Å². The Morgan fingerprint density at radius 3 is 2.19 bits per heavy atom. The standard InChI is InChI=1S/C33H32N2S/c1-21(2)18-24-20-25(19-22(3)4)31(32-30(24)26-14-8-11-17-29(26)36-32)35-28-16-10-9-15-27(28)34-33(35)23-12-6-5-7-13-23/h5-17,20-22H,18-19H2,1-4H3. The van der Waals surface area contributed by atoms with E-state index in [2.05, 4.69) is 117 Å². The van der Waals surface area contributed by atoms with Gasteiger partial charge in [0.05, 0.1) is 21.4 Å². The van der Waals surface area contributed by atoms with Gasteiger partial charge in [-0.25, -0.2) is 4.98 Å². The van der Waals surface area contributed by atoms with E-state index in [1.54, 1.807) is 0 Å². The van der Waals surface area contributed by atoms with Crippen LogP contribution < -0.4 is 0 Å². The molecule has 2 aromatic heterocycles. The summed E-state index contributed by atoms with van der Waals surface area (Å²) < 4.78 is 5.18. The Morgan fingerprint density at radius 2 is 1.42 bits per heavy atom. The summed E-state index contributed by atoms with van der Waals surface area (Å²) in [5, 5.41) is 2.79. The number of aromatic nitrogens is 2. The van der Waals surface area contributed by atoms with E-state index in [1.165, 1.54) is 37.0 Å². The van der Waals surface area contributed by atoms with E-state index in [-0.39, 0.29) is 0 Å². The Balaban J connectivity index is 1.80. The molecule has 0 radical (unpaired) electrons. The fourth-order valence-electron chi connectivity index (χ4n) is 5.50. The van der Waals surface area contributed by atoms with Crippen molar-refractivity contribution in [3.05, 3.63) is 96.1 Å². The highest BCUT2D eigenvalue weighted by atomic mass is 32.1. The van der Waals surface area contributed by atoms with Crippen molar-refractivity contribution in [3.8, 4) is 17.1 Å². The van der Waals surface area contributed by atoms with Gasteiger partial charge in [-0.05, 0) is 54.0 Å². The first kappa shape index (κ1) is 23.0. The average Bonchev–Trinajstić information content (AvgIpc) is 3.43. The minimum atomic E-state index is 0.553. The van der Waals surface area contributed by atoms with Gasteiger partial charge in [0.25, 0.3) is 0 Å². The molecular formula is C33H32N2S. The Labute approximate surface area is 217 Å². The summed E-state index contributed by atoms with van der Waals surface area (Å²) in [7, 11) is 0. The molecule has 0 aliphatic heterocycles. The first-order chi connectivity index (χ1) is 17.5. The second kappa shape index (κ2) is 9.22. The molecule has 0 N–H and O–H groups in total. The maximum atomic E-state index is 5.18. The van der Waals surface area contributed by atoms with E-state index in [4.69, 9.17) is 4.98 Å². The van der Waals surface area contributed by atoms with Crippen LogP contribution in [-0.2, 0) is 12.8 Å². The fourth-order valence-corrected chi connectivity index (χ4v) is 6.81. The molecule has 0 bridgehead atoms. The normalized spacial score (nSPS) is 12.1. The summed E-state index contributed by atoms with van der Waals surface area (Å²) >= 11 is 1.93. The Morgan fingerprint density at radius 1 is 0.750 bits per heavy atom. The topological polar surface area (TPSA) is 17.8 Å². The van der Waals surface area contributed by atoms with Crippen molar-refractivity contribution in [2.45, 2.75) is 40.5 Å². The maximum Gasteiger partial charge on any atom is 0.145 e. The van der Waals surface area contributed by atoms with Crippen LogP contribution in [0, 0.1) is 11.8 Å². The van der Waals surface area contributed by atoms with Gasteiger partial charge in [-0.1, -0.05) is 94.4 Å². The molecule has 36 heavy (non-hydrogen) atoms. The first-order valence-corrected chi connectivity index (χ1v) is 13.8. The van der Waals surface area contributed by atoms with E-state index in [0.717, 1.165) is 35.3 Å². The molecule has 0 atom stereocenters. The third-order valence-electron chi connectivity index (χ3n) is 6.86. The lowest BCUT2D eigenvalue weighted by atomic mass is 9.91. The highest BCUT2D eigenvalue weighted by molar-refractivity contribution is 7.26. The number of thiophene rings is 1. The SMILES string of the molecule is CC(C)Cc1cc(CC(C)C)c2c(sc3ccccc32)c1-n1c(-c2ccccc2)nc2ccccc21. The van der Waals surface area contributed by atoms with Gasteiger partial charge >= 0.3 is 0 Å². The quantitative estimate of drug-likeness (QED) is 0.228. The van der Waals surface area contributed by atoms with Gasteiger partial charge in [0.15, 0.2) is 0 Å². The van der Waals surface area contributed by atoms with Gasteiger partial charge in [0.2, 0.25) is 0 Å². The Hall–Kier alpha value is -3.43. The molecule has 6 rings (SSSR count). The molecule has 2 heterocycles. The summed E-state index contributed by atoms with van der Waals surface area (Å²) in [6, 6.07) is 30.6. The molecule has 0 aliphatic carbocycles. The predicted octanol–water partition coefficient (Wildman–Crippen LogP) is 9.46. The minimum absolute atomic E-state index is 0.553. The van der Waals surface area contributed by atoms with E-state index in [1.807, 2.05) is 11.3 Å². The van der Waals surface area contributed by atoms with Crippen molar-refractivity contribution >= 4 is 42.5 Å². The molecule has 2 nitrogen and oxygen atoms in total. The monoisotopic (exact) mass is 488 g/mol. The van der Waals surface area contributed by atoms with Crippen LogP contribution in [0.25, 0.3) is 48.3 Å². The molecule has 0 fully saturated rings. The fraction of sp³-hybridized carbons (Fsp3) is 0.242. The van der Waals surface area contributed by atoms with Crippen molar-refractivity contribution in [1.29, 1.82) is 0 Å². The number of fused-ring (bicyclic) bond motifs is 4. The van der Waals surface area contributed by atoms with E-state index in [0.29, 0.717) is 11.8 Å². The highest BCUT2D eigenvalue weighted by Gasteiger charge is 2.23. The van der Waals surface area contributed by atoms with Crippen LogP contribution >= 0.6 is 11.3 Å². The third-order valence-corrected chi connectivity index (χ3v) is 8.03. The average molecular weight is 489 g/mol. The van der Waals surface area contributed by atoms with E-state index in [9.17, 15) is 0 Å². The molecule has 0 aliphatic rings. The second-order valence-corrected chi connectivity index (χ2v) is 11.7. The second-order valence-electron chi connectivity index (χ2n) is 10.7. The van der Waals surface area contributed by atoms with Crippen LogP contribution in [0.5, 0.6) is 0 Å². The van der Waals surface area contributed by atoms with Crippen LogP contribution in [0.2, 0.25) is 0 Å². The van der Waals surface area contributed by atoms with Crippen LogP contribution in [0.15, 0.2) is 84.9 Å². The van der Waals surface area contributed by atoms with E-state index >= 15 is 0 Å². The van der Waals surface area contributed by atoms with E-state index < -0.39 is 0 Å². The number of rotatable bonds is 6. The number of nitrogens with zero attached hydrogens (tertiary/aromatic N) is 2. The zero-order valence-electron chi connectivity index (χ0n) is 21.5. The minimum Gasteiger partial charge on any atom is -0.291 e. The predicted molar refractivity (Wildman–Crippen MR) is 156 cm³/mol. The highest BCUT2D eigenvalue weighted by Crippen LogP contribution is 2.44. The number of para-hydroxylation sites is 2. The van der Waals surface area contributed by atoms with Gasteiger partial charge in [-0.2, -0.15) is 0 Å². The van der Waals surface area contributed by atoms with Crippen molar-refractivity contribution in [3.63, 3.8) is 0 Å². The first-order valence-electron chi connectivity index (χ1n) is 13.0. The lowest BCUT2D eigenvalue weighted by Crippen LogP contribution is -2.07. The molecule has 0 amide bonds. The molecule has 3 heteroatoms. The summed E-state index contributed by atoms with van der Waals surface area (Å²) in [5.41, 5.74) is 7.54. The summed E-state index contributed by atoms with van der Waals surface area (Å²) in [6.45, 7) is 9.30. The largest absolute Gasteiger partial charge is 0.291 e. The zero-order chi connectivity index (χ0) is 24.8. The van der Waals surface area contributed by atoms with Crippen LogP contribution in [-0.4, -0.2) is 9.55 Å². The number of benzene rings is 4. The third kappa shape index (κ3) is 3.92. The maximum absolute atomic E-state index is 5.18. The summed E-state index contributed by atoms with van der Waals surface area (Å²) in [5.74, 6) is 2.16. The van der Waals surface area contributed by atoms with Gasteiger partial charge in [-0.15, -0.1) is 11.3 Å². The number of hydrogen-bond donors (Lipinski definition) is 0. The van der Waals surface area contributed by atoms with Crippen molar-refractivity contribution < 1.29 is 0 Å². The molecular weight excluding hydrogens is 456 g/mol. The van der Waals surface area contributed by atoms with Gasteiger partial charge in [-0.3, -0.25) is 4.57 Å². The molecule has 0 saturated heterocycles. The Bertz CT molecular complexity index is 1690. The zero-order valence-corrected chi connectivity index (χ0v) is 22.3. The van der Waals surface area contributed by atoms with Crippen molar-refractivity contribution in [2.24, 2.45) is 11.8 Å². The van der Waals surface area contributed by atoms with Gasteiger partial charge in [0, 0.05) is 21.0 Å². The molecule has 4 aromatic carbocycles. The lowest BCUT2D eigenvalue weighted by molar-refractivity contribution is 0.637. The van der Waals surface area contributed by atoms with Crippen LogP contribution in [0.3, 0.4) is 0 Å². The van der Waals surface area contributed by atoms with Crippen molar-refractivity contribution in [2.75, 3.05) is 0 Å². The molecule has 0 spiro atoms. The van der Waals surface area contributed by atoms with Crippen LogP contribution in [0.1, 0.15) is 38.8 Å². The lowest BCUT2D eigenvalue weighted by Gasteiger charge is -2.20. The van der Waals surface area contributed by atoms with Gasteiger partial charge < -0.3 is 0 Å². The number of hydrogen-bond acceptors (Lipinski definition) is 2. The molecule has 0 saturated carbocycles. The number of imidazole rings is 1. The summed E-state index contributed by atoms with van der Waals surface area (Å²) in [4.78, 5) is 5.18. The van der Waals surface area contributed by atoms with Gasteiger partial charge in [0.1, 0.15) is 5.82 Å². The molecule has 0 unspecified atom stereocenters. The summed E-state index contributed by atoms with van der Waals surface area (Å²) in [6.07, 6.45) is 2.12.